The normalized spacial score (nSPS) is 16.2. The van der Waals surface area contributed by atoms with Crippen LogP contribution in [0.25, 0.3) is 0 Å². The summed E-state index contributed by atoms with van der Waals surface area (Å²) in [4.78, 5) is 12.7. The van der Waals surface area contributed by atoms with Gasteiger partial charge in [-0.1, -0.05) is 23.7 Å². The highest BCUT2D eigenvalue weighted by atomic mass is 35.5. The van der Waals surface area contributed by atoms with Crippen molar-refractivity contribution >= 4 is 33.2 Å². The zero-order valence-electron chi connectivity index (χ0n) is 15.9. The minimum atomic E-state index is -3.54. The van der Waals surface area contributed by atoms with Gasteiger partial charge in [-0.3, -0.25) is 9.52 Å². The standard InChI is InChI=1S/C20H22ClFN2O4S/c1-29(26,27)24-18-11-14(5-6-17(18)21)19(25)23-13-20(7-9-28-10-8-20)15-3-2-4-16(22)12-15/h2-6,11-12,24H,7-10,13H2,1H3,(H,23,25). The number of carbonyl (C=O) groups is 1. The lowest BCUT2D eigenvalue weighted by molar-refractivity contribution is 0.0486. The first-order chi connectivity index (χ1) is 13.7. The first-order valence-corrected chi connectivity index (χ1v) is 11.3. The molecule has 6 nitrogen and oxygen atoms in total. The molecule has 0 atom stereocenters. The van der Waals surface area contributed by atoms with Crippen LogP contribution < -0.4 is 10.0 Å². The molecule has 0 radical (unpaired) electrons. The van der Waals surface area contributed by atoms with Gasteiger partial charge in [0, 0.05) is 30.7 Å². The summed E-state index contributed by atoms with van der Waals surface area (Å²) in [6.45, 7) is 1.35. The van der Waals surface area contributed by atoms with Crippen molar-refractivity contribution in [2.45, 2.75) is 18.3 Å². The molecular formula is C20H22ClFN2O4S. The van der Waals surface area contributed by atoms with Gasteiger partial charge < -0.3 is 10.1 Å². The fourth-order valence-corrected chi connectivity index (χ4v) is 4.23. The van der Waals surface area contributed by atoms with E-state index in [-0.39, 0.29) is 28.0 Å². The maximum atomic E-state index is 13.8. The summed E-state index contributed by atoms with van der Waals surface area (Å²) in [7, 11) is -3.54. The van der Waals surface area contributed by atoms with E-state index < -0.39 is 15.4 Å². The molecule has 0 aromatic heterocycles. The molecule has 2 aromatic rings. The van der Waals surface area contributed by atoms with E-state index >= 15 is 0 Å². The van der Waals surface area contributed by atoms with Gasteiger partial charge >= 0.3 is 0 Å². The Morgan fingerprint density at radius 2 is 1.93 bits per heavy atom. The van der Waals surface area contributed by atoms with Gasteiger partial charge in [-0.15, -0.1) is 0 Å². The van der Waals surface area contributed by atoms with Crippen LogP contribution in [0.15, 0.2) is 42.5 Å². The zero-order chi connectivity index (χ0) is 21.1. The van der Waals surface area contributed by atoms with Gasteiger partial charge in [0.05, 0.1) is 17.0 Å². The molecule has 0 spiro atoms. The molecule has 3 rings (SSSR count). The Balaban J connectivity index is 1.80. The van der Waals surface area contributed by atoms with E-state index in [0.717, 1.165) is 11.8 Å². The molecule has 1 fully saturated rings. The van der Waals surface area contributed by atoms with Crippen LogP contribution >= 0.6 is 11.6 Å². The van der Waals surface area contributed by atoms with Gasteiger partial charge in [0.25, 0.3) is 5.91 Å². The number of amides is 1. The molecule has 9 heteroatoms. The summed E-state index contributed by atoms with van der Waals surface area (Å²) in [6, 6.07) is 10.8. The van der Waals surface area contributed by atoms with Crippen LogP contribution in [0.5, 0.6) is 0 Å². The SMILES string of the molecule is CS(=O)(=O)Nc1cc(C(=O)NCC2(c3cccc(F)c3)CCOCC2)ccc1Cl. The average Bonchev–Trinajstić information content (AvgIpc) is 2.67. The van der Waals surface area contributed by atoms with Gasteiger partial charge in [-0.25, -0.2) is 12.8 Å². The lowest BCUT2D eigenvalue weighted by atomic mass is 9.74. The van der Waals surface area contributed by atoms with Crippen LogP contribution in [0.4, 0.5) is 10.1 Å². The predicted octanol–water partition coefficient (Wildman–Crippen LogP) is 3.33. The molecule has 0 bridgehead atoms. The highest BCUT2D eigenvalue weighted by Crippen LogP contribution is 2.35. The molecular weight excluding hydrogens is 419 g/mol. The number of carbonyl (C=O) groups excluding carboxylic acids is 1. The van der Waals surface area contributed by atoms with Crippen molar-refractivity contribution in [3.05, 3.63) is 64.4 Å². The van der Waals surface area contributed by atoms with Crippen LogP contribution in [0.1, 0.15) is 28.8 Å². The van der Waals surface area contributed by atoms with Crippen molar-refractivity contribution in [1.29, 1.82) is 0 Å². The fourth-order valence-electron chi connectivity index (χ4n) is 3.44. The Hall–Kier alpha value is -2.16. The predicted molar refractivity (Wildman–Crippen MR) is 110 cm³/mol. The monoisotopic (exact) mass is 440 g/mol. The second-order valence-corrected chi connectivity index (χ2v) is 9.31. The summed E-state index contributed by atoms with van der Waals surface area (Å²) in [5.74, 6) is -0.700. The summed E-state index contributed by atoms with van der Waals surface area (Å²) in [5, 5.41) is 3.09. The van der Waals surface area contributed by atoms with Crippen molar-refractivity contribution in [2.75, 3.05) is 30.7 Å². The fraction of sp³-hybridized carbons (Fsp3) is 0.350. The highest BCUT2D eigenvalue weighted by Gasteiger charge is 2.35. The van der Waals surface area contributed by atoms with E-state index in [1.807, 2.05) is 6.07 Å². The minimum absolute atomic E-state index is 0.132. The zero-order valence-corrected chi connectivity index (χ0v) is 17.4. The maximum Gasteiger partial charge on any atom is 0.251 e. The maximum absolute atomic E-state index is 13.8. The summed E-state index contributed by atoms with van der Waals surface area (Å²) < 4.78 is 44.5. The smallest absolute Gasteiger partial charge is 0.251 e. The van der Waals surface area contributed by atoms with E-state index in [0.29, 0.717) is 32.6 Å². The topological polar surface area (TPSA) is 84.5 Å². The van der Waals surface area contributed by atoms with Crippen molar-refractivity contribution in [1.82, 2.24) is 5.32 Å². The second-order valence-electron chi connectivity index (χ2n) is 7.15. The first kappa shape index (κ1) is 21.5. The summed E-state index contributed by atoms with van der Waals surface area (Å²) in [5.41, 5.74) is 0.780. The Bertz CT molecular complexity index is 1010. The van der Waals surface area contributed by atoms with Crippen LogP contribution in [0.2, 0.25) is 5.02 Å². The van der Waals surface area contributed by atoms with E-state index in [9.17, 15) is 17.6 Å². The van der Waals surface area contributed by atoms with Crippen molar-refractivity contribution < 1.29 is 22.3 Å². The van der Waals surface area contributed by atoms with Crippen molar-refractivity contribution in [3.8, 4) is 0 Å². The van der Waals surface area contributed by atoms with E-state index in [1.54, 1.807) is 6.07 Å². The largest absolute Gasteiger partial charge is 0.381 e. The van der Waals surface area contributed by atoms with Gasteiger partial charge in [0.2, 0.25) is 10.0 Å². The Labute approximate surface area is 174 Å². The molecule has 156 valence electrons. The quantitative estimate of drug-likeness (QED) is 0.721. The lowest BCUT2D eigenvalue weighted by Gasteiger charge is -2.38. The summed E-state index contributed by atoms with van der Waals surface area (Å²) in [6.07, 6.45) is 2.31. The number of sulfonamides is 1. The number of hydrogen-bond donors (Lipinski definition) is 2. The summed E-state index contributed by atoms with van der Waals surface area (Å²) >= 11 is 6.01. The van der Waals surface area contributed by atoms with Gasteiger partial charge in [0.15, 0.2) is 0 Å². The molecule has 1 aliphatic rings. The molecule has 1 aliphatic heterocycles. The lowest BCUT2D eigenvalue weighted by Crippen LogP contribution is -2.44. The Morgan fingerprint density at radius 1 is 1.21 bits per heavy atom. The van der Waals surface area contributed by atoms with Gasteiger partial charge in [-0.2, -0.15) is 0 Å². The molecule has 0 unspecified atom stereocenters. The van der Waals surface area contributed by atoms with Crippen LogP contribution in [-0.2, 0) is 20.2 Å². The molecule has 1 heterocycles. The van der Waals surface area contributed by atoms with Gasteiger partial charge in [-0.05, 0) is 48.7 Å². The molecule has 2 aromatic carbocycles. The van der Waals surface area contributed by atoms with Crippen LogP contribution in [-0.4, -0.2) is 40.3 Å². The molecule has 0 saturated carbocycles. The molecule has 2 N–H and O–H groups in total. The van der Waals surface area contributed by atoms with Gasteiger partial charge in [0.1, 0.15) is 5.82 Å². The molecule has 1 amide bonds. The third kappa shape index (κ3) is 5.46. The number of hydrogen-bond acceptors (Lipinski definition) is 4. The van der Waals surface area contributed by atoms with Crippen molar-refractivity contribution in [2.24, 2.45) is 0 Å². The number of benzene rings is 2. The molecule has 29 heavy (non-hydrogen) atoms. The number of rotatable bonds is 6. The first-order valence-electron chi connectivity index (χ1n) is 9.08. The molecule has 1 saturated heterocycles. The second kappa shape index (κ2) is 8.69. The number of nitrogens with one attached hydrogen (secondary N) is 2. The minimum Gasteiger partial charge on any atom is -0.381 e. The molecule has 0 aliphatic carbocycles. The number of ether oxygens (including phenoxy) is 1. The number of halogens is 2. The Kier molecular flexibility index (Phi) is 6.45. The third-order valence-electron chi connectivity index (χ3n) is 5.00. The van der Waals surface area contributed by atoms with Crippen molar-refractivity contribution in [3.63, 3.8) is 0 Å². The van der Waals surface area contributed by atoms with Crippen LogP contribution in [0.3, 0.4) is 0 Å². The van der Waals surface area contributed by atoms with E-state index in [2.05, 4.69) is 10.0 Å². The third-order valence-corrected chi connectivity index (χ3v) is 5.92. The highest BCUT2D eigenvalue weighted by molar-refractivity contribution is 7.92. The Morgan fingerprint density at radius 3 is 2.59 bits per heavy atom. The number of anilines is 1. The van der Waals surface area contributed by atoms with E-state index in [4.69, 9.17) is 16.3 Å². The van der Waals surface area contributed by atoms with E-state index in [1.165, 1.54) is 30.3 Å². The average molecular weight is 441 g/mol. The van der Waals surface area contributed by atoms with Crippen LogP contribution in [0, 0.1) is 5.82 Å².